The SMILES string of the molecule is CN1C(=O)/C(=C2\SC(=O)NC2=O)c2ccccc21. The zero-order valence-electron chi connectivity index (χ0n) is 9.39. The molecule has 0 saturated carbocycles. The Morgan fingerprint density at radius 3 is 2.56 bits per heavy atom. The molecule has 1 aromatic rings. The minimum Gasteiger partial charge on any atom is -0.311 e. The van der Waals surface area contributed by atoms with Crippen molar-refractivity contribution in [2.24, 2.45) is 0 Å². The lowest BCUT2D eigenvalue weighted by Gasteiger charge is -2.08. The zero-order chi connectivity index (χ0) is 12.9. The number of nitrogens with zero attached hydrogens (tertiary/aromatic N) is 1. The van der Waals surface area contributed by atoms with E-state index in [1.165, 1.54) is 4.90 Å². The number of imide groups is 1. The lowest BCUT2D eigenvalue weighted by atomic mass is 10.1. The van der Waals surface area contributed by atoms with E-state index in [4.69, 9.17) is 0 Å². The van der Waals surface area contributed by atoms with Gasteiger partial charge in [-0.3, -0.25) is 19.7 Å². The van der Waals surface area contributed by atoms with E-state index in [2.05, 4.69) is 5.32 Å². The van der Waals surface area contributed by atoms with Gasteiger partial charge in [0, 0.05) is 12.6 Å². The first kappa shape index (κ1) is 11.0. The van der Waals surface area contributed by atoms with Crippen molar-refractivity contribution >= 4 is 40.1 Å². The number of amides is 3. The number of rotatable bonds is 0. The molecule has 1 fully saturated rings. The molecular formula is C12H8N2O3S. The van der Waals surface area contributed by atoms with E-state index in [0.717, 1.165) is 17.4 Å². The van der Waals surface area contributed by atoms with E-state index < -0.39 is 11.1 Å². The van der Waals surface area contributed by atoms with Crippen LogP contribution in [0.2, 0.25) is 0 Å². The lowest BCUT2D eigenvalue weighted by molar-refractivity contribution is -0.116. The molecule has 0 bridgehead atoms. The third-order valence-corrected chi connectivity index (χ3v) is 3.78. The van der Waals surface area contributed by atoms with Gasteiger partial charge in [0.15, 0.2) is 0 Å². The van der Waals surface area contributed by atoms with E-state index in [1.807, 2.05) is 6.07 Å². The van der Waals surface area contributed by atoms with Crippen LogP contribution in [0.4, 0.5) is 10.5 Å². The number of para-hydroxylation sites is 1. The van der Waals surface area contributed by atoms with Crippen LogP contribution in [0.3, 0.4) is 0 Å². The second-order valence-corrected chi connectivity index (χ2v) is 4.91. The van der Waals surface area contributed by atoms with Gasteiger partial charge in [0.25, 0.3) is 17.1 Å². The average molecular weight is 260 g/mol. The molecule has 0 spiro atoms. The molecular weight excluding hydrogens is 252 g/mol. The molecule has 90 valence electrons. The van der Waals surface area contributed by atoms with Gasteiger partial charge in [0.05, 0.1) is 16.2 Å². The number of nitrogens with one attached hydrogen (secondary N) is 1. The van der Waals surface area contributed by atoms with Crippen molar-refractivity contribution in [2.75, 3.05) is 11.9 Å². The van der Waals surface area contributed by atoms with E-state index in [9.17, 15) is 14.4 Å². The standard InChI is InChI=1S/C12H8N2O3S/c1-14-7-5-3-2-4-6(7)8(11(14)16)9-10(15)13-12(17)18-9/h2-5H,1H3,(H,13,15,17)/b9-8-. The maximum atomic E-state index is 12.2. The molecule has 2 aliphatic rings. The second kappa shape index (κ2) is 3.71. The van der Waals surface area contributed by atoms with Gasteiger partial charge in [-0.15, -0.1) is 0 Å². The van der Waals surface area contributed by atoms with Gasteiger partial charge >= 0.3 is 0 Å². The maximum Gasteiger partial charge on any atom is 0.290 e. The van der Waals surface area contributed by atoms with Crippen LogP contribution in [0.25, 0.3) is 5.57 Å². The maximum absolute atomic E-state index is 12.2. The van der Waals surface area contributed by atoms with Gasteiger partial charge in [0.1, 0.15) is 0 Å². The predicted molar refractivity (Wildman–Crippen MR) is 67.9 cm³/mol. The summed E-state index contributed by atoms with van der Waals surface area (Å²) in [5, 5.41) is 1.72. The molecule has 2 heterocycles. The molecule has 6 heteroatoms. The summed E-state index contributed by atoms with van der Waals surface area (Å²) in [5.41, 5.74) is 1.75. The van der Waals surface area contributed by atoms with Gasteiger partial charge < -0.3 is 4.90 Å². The minimum atomic E-state index is -0.501. The van der Waals surface area contributed by atoms with Crippen LogP contribution in [0, 0.1) is 0 Å². The van der Waals surface area contributed by atoms with Gasteiger partial charge in [-0.1, -0.05) is 18.2 Å². The number of thioether (sulfide) groups is 1. The van der Waals surface area contributed by atoms with Gasteiger partial charge in [-0.05, 0) is 17.8 Å². The fraction of sp³-hybridized carbons (Fsp3) is 0.0833. The lowest BCUT2D eigenvalue weighted by Crippen LogP contribution is -2.22. The smallest absolute Gasteiger partial charge is 0.290 e. The molecule has 0 aliphatic carbocycles. The monoisotopic (exact) mass is 260 g/mol. The minimum absolute atomic E-state index is 0.182. The Bertz CT molecular complexity index is 636. The number of fused-ring (bicyclic) bond motifs is 1. The Balaban J connectivity index is 2.25. The Hall–Kier alpha value is -2.08. The molecule has 0 atom stereocenters. The normalized spacial score (nSPS) is 22.5. The summed E-state index contributed by atoms with van der Waals surface area (Å²) >= 11 is 0.773. The summed E-state index contributed by atoms with van der Waals surface area (Å²) in [6.07, 6.45) is 0. The van der Waals surface area contributed by atoms with Crippen LogP contribution in [-0.2, 0) is 9.59 Å². The molecule has 2 aliphatic heterocycles. The first-order chi connectivity index (χ1) is 8.59. The highest BCUT2D eigenvalue weighted by molar-refractivity contribution is 8.18. The van der Waals surface area contributed by atoms with Crippen LogP contribution in [0.1, 0.15) is 5.56 Å². The predicted octanol–water partition coefficient (Wildman–Crippen LogP) is 1.36. The molecule has 3 amide bonds. The third kappa shape index (κ3) is 1.39. The van der Waals surface area contributed by atoms with E-state index in [0.29, 0.717) is 11.1 Å². The second-order valence-electron chi connectivity index (χ2n) is 3.93. The topological polar surface area (TPSA) is 66.5 Å². The summed E-state index contributed by atoms with van der Waals surface area (Å²) in [6, 6.07) is 7.20. The summed E-state index contributed by atoms with van der Waals surface area (Å²) in [5.74, 6) is -0.762. The first-order valence-corrected chi connectivity index (χ1v) is 6.06. The quantitative estimate of drug-likeness (QED) is 0.715. The molecule has 0 radical (unpaired) electrons. The van der Waals surface area contributed by atoms with Crippen molar-refractivity contribution in [3.63, 3.8) is 0 Å². The molecule has 3 rings (SSSR count). The van der Waals surface area contributed by atoms with Gasteiger partial charge in [0.2, 0.25) is 0 Å². The Kier molecular flexibility index (Phi) is 2.27. The number of likely N-dealkylation sites (N-methyl/N-ethyl adjacent to an activating group) is 1. The van der Waals surface area contributed by atoms with Crippen LogP contribution in [0.15, 0.2) is 29.2 Å². The van der Waals surface area contributed by atoms with Crippen molar-refractivity contribution in [1.82, 2.24) is 5.32 Å². The van der Waals surface area contributed by atoms with Gasteiger partial charge in [-0.2, -0.15) is 0 Å². The summed E-state index contributed by atoms with van der Waals surface area (Å²) in [6.45, 7) is 0. The summed E-state index contributed by atoms with van der Waals surface area (Å²) in [4.78, 5) is 36.7. The number of hydrogen-bond donors (Lipinski definition) is 1. The molecule has 5 nitrogen and oxygen atoms in total. The fourth-order valence-corrected chi connectivity index (χ4v) is 2.84. The van der Waals surface area contributed by atoms with Crippen molar-refractivity contribution in [2.45, 2.75) is 0 Å². The van der Waals surface area contributed by atoms with Crippen molar-refractivity contribution < 1.29 is 14.4 Å². The van der Waals surface area contributed by atoms with Crippen LogP contribution in [0.5, 0.6) is 0 Å². The molecule has 1 N–H and O–H groups in total. The summed E-state index contributed by atoms with van der Waals surface area (Å²) in [7, 11) is 1.65. The highest BCUT2D eigenvalue weighted by atomic mass is 32.2. The number of anilines is 1. The largest absolute Gasteiger partial charge is 0.311 e. The molecule has 1 saturated heterocycles. The Morgan fingerprint density at radius 2 is 1.89 bits per heavy atom. The number of carbonyl (C=O) groups is 3. The van der Waals surface area contributed by atoms with E-state index >= 15 is 0 Å². The molecule has 0 unspecified atom stereocenters. The fourth-order valence-electron chi connectivity index (χ4n) is 2.07. The Morgan fingerprint density at radius 1 is 1.17 bits per heavy atom. The highest BCUT2D eigenvalue weighted by Gasteiger charge is 2.38. The van der Waals surface area contributed by atoms with Crippen molar-refractivity contribution in [3.8, 4) is 0 Å². The number of carbonyl (C=O) groups excluding carboxylic acids is 3. The van der Waals surface area contributed by atoms with E-state index in [1.54, 1.807) is 25.2 Å². The van der Waals surface area contributed by atoms with Gasteiger partial charge in [-0.25, -0.2) is 0 Å². The van der Waals surface area contributed by atoms with E-state index in [-0.39, 0.29) is 10.8 Å². The van der Waals surface area contributed by atoms with Crippen molar-refractivity contribution in [1.29, 1.82) is 0 Å². The molecule has 0 aromatic heterocycles. The van der Waals surface area contributed by atoms with Crippen LogP contribution in [-0.4, -0.2) is 24.1 Å². The highest BCUT2D eigenvalue weighted by Crippen LogP contribution is 2.41. The van der Waals surface area contributed by atoms with Crippen LogP contribution < -0.4 is 10.2 Å². The molecule has 18 heavy (non-hydrogen) atoms. The third-order valence-electron chi connectivity index (χ3n) is 2.90. The zero-order valence-corrected chi connectivity index (χ0v) is 10.2. The summed E-state index contributed by atoms with van der Waals surface area (Å²) < 4.78 is 0. The Labute approximate surface area is 107 Å². The van der Waals surface area contributed by atoms with Crippen LogP contribution >= 0.6 is 11.8 Å². The number of hydrogen-bond acceptors (Lipinski definition) is 4. The van der Waals surface area contributed by atoms with Crippen molar-refractivity contribution in [3.05, 3.63) is 34.7 Å². The average Bonchev–Trinajstić information content (AvgIpc) is 2.79. The first-order valence-electron chi connectivity index (χ1n) is 5.24. The number of benzene rings is 1. The molecule has 1 aromatic carbocycles.